The Morgan fingerprint density at radius 1 is 1.35 bits per heavy atom. The molecule has 1 heterocycles. The summed E-state index contributed by atoms with van der Waals surface area (Å²) in [6.07, 6.45) is 4.25. The number of hydrogen-bond donors (Lipinski definition) is 1. The molecular formula is C14H28N2O. The van der Waals surface area contributed by atoms with E-state index in [4.69, 9.17) is 5.73 Å². The zero-order valence-corrected chi connectivity index (χ0v) is 11.8. The van der Waals surface area contributed by atoms with Crippen LogP contribution in [0.15, 0.2) is 0 Å². The molecular weight excluding hydrogens is 212 g/mol. The van der Waals surface area contributed by atoms with Crippen LogP contribution in [0.4, 0.5) is 0 Å². The molecule has 0 aromatic carbocycles. The van der Waals surface area contributed by atoms with E-state index in [1.807, 2.05) is 4.90 Å². The molecule has 100 valence electrons. The fourth-order valence-corrected chi connectivity index (χ4v) is 2.79. The molecule has 1 amide bonds. The van der Waals surface area contributed by atoms with Gasteiger partial charge in [0.05, 0.1) is 6.04 Å². The molecule has 0 radical (unpaired) electrons. The number of hydrogen-bond acceptors (Lipinski definition) is 2. The van der Waals surface area contributed by atoms with Gasteiger partial charge in [0.25, 0.3) is 0 Å². The van der Waals surface area contributed by atoms with Crippen LogP contribution in [0.2, 0.25) is 0 Å². The third-order valence-electron chi connectivity index (χ3n) is 4.29. The number of rotatable bonds is 5. The predicted octanol–water partition coefficient (Wildman–Crippen LogP) is 2.40. The lowest BCUT2D eigenvalue weighted by molar-refractivity contribution is -0.132. The quantitative estimate of drug-likeness (QED) is 0.802. The Hall–Kier alpha value is -0.570. The van der Waals surface area contributed by atoms with Crippen LogP contribution in [0, 0.1) is 11.3 Å². The maximum absolute atomic E-state index is 12.2. The molecule has 1 saturated heterocycles. The normalized spacial score (nSPS) is 20.9. The average molecular weight is 240 g/mol. The van der Waals surface area contributed by atoms with E-state index in [2.05, 4.69) is 27.7 Å². The van der Waals surface area contributed by atoms with Crippen molar-refractivity contribution in [1.29, 1.82) is 0 Å². The lowest BCUT2D eigenvalue weighted by atomic mass is 9.82. The van der Waals surface area contributed by atoms with Crippen molar-refractivity contribution in [2.75, 3.05) is 13.1 Å². The van der Waals surface area contributed by atoms with E-state index in [1.165, 1.54) is 0 Å². The lowest BCUT2D eigenvalue weighted by Crippen LogP contribution is -2.44. The summed E-state index contributed by atoms with van der Waals surface area (Å²) in [7, 11) is 0. The van der Waals surface area contributed by atoms with Gasteiger partial charge in [-0.25, -0.2) is 0 Å². The summed E-state index contributed by atoms with van der Waals surface area (Å²) in [5, 5.41) is 0. The summed E-state index contributed by atoms with van der Waals surface area (Å²) >= 11 is 0. The van der Waals surface area contributed by atoms with Crippen molar-refractivity contribution < 1.29 is 4.79 Å². The van der Waals surface area contributed by atoms with Gasteiger partial charge in [-0.1, -0.05) is 27.7 Å². The first kappa shape index (κ1) is 14.5. The van der Waals surface area contributed by atoms with Crippen molar-refractivity contribution in [3.05, 3.63) is 0 Å². The molecule has 0 spiro atoms. The number of carbonyl (C=O) groups excluding carboxylic acids is 1. The van der Waals surface area contributed by atoms with Crippen molar-refractivity contribution in [2.45, 2.75) is 59.4 Å². The molecule has 1 aliphatic heterocycles. The highest BCUT2D eigenvalue weighted by Gasteiger charge is 2.38. The Kier molecular flexibility index (Phi) is 4.99. The first-order valence-corrected chi connectivity index (χ1v) is 6.98. The molecule has 1 aliphatic rings. The van der Waals surface area contributed by atoms with Crippen LogP contribution < -0.4 is 5.73 Å². The van der Waals surface area contributed by atoms with E-state index in [9.17, 15) is 4.79 Å². The molecule has 0 aromatic rings. The molecule has 3 heteroatoms. The summed E-state index contributed by atoms with van der Waals surface area (Å²) in [5.74, 6) is 0.640. The van der Waals surface area contributed by atoms with Gasteiger partial charge in [0, 0.05) is 13.1 Å². The molecule has 0 bridgehead atoms. The van der Waals surface area contributed by atoms with Gasteiger partial charge < -0.3 is 10.6 Å². The standard InChI is InChI=1S/C14H28N2O/c1-5-14(6-2)7-8-16(10-14)13(17)12(15)9-11(3)4/h11-12H,5-10,15H2,1-4H3/t12-/m1/s1. The van der Waals surface area contributed by atoms with Gasteiger partial charge in [-0.3, -0.25) is 4.79 Å². The first-order valence-electron chi connectivity index (χ1n) is 6.98. The molecule has 0 saturated carbocycles. The van der Waals surface area contributed by atoms with E-state index in [-0.39, 0.29) is 11.9 Å². The van der Waals surface area contributed by atoms with Crippen molar-refractivity contribution >= 4 is 5.91 Å². The minimum atomic E-state index is -0.306. The van der Waals surface area contributed by atoms with E-state index >= 15 is 0 Å². The third-order valence-corrected chi connectivity index (χ3v) is 4.29. The summed E-state index contributed by atoms with van der Waals surface area (Å²) in [6, 6.07) is -0.306. The smallest absolute Gasteiger partial charge is 0.239 e. The van der Waals surface area contributed by atoms with Gasteiger partial charge in [-0.05, 0) is 37.0 Å². The second-order valence-corrected chi connectivity index (χ2v) is 5.95. The van der Waals surface area contributed by atoms with Crippen molar-refractivity contribution in [3.63, 3.8) is 0 Å². The van der Waals surface area contributed by atoms with Gasteiger partial charge in [-0.15, -0.1) is 0 Å². The minimum Gasteiger partial charge on any atom is -0.341 e. The topological polar surface area (TPSA) is 46.3 Å². The number of likely N-dealkylation sites (tertiary alicyclic amines) is 1. The van der Waals surface area contributed by atoms with E-state index in [0.717, 1.165) is 38.8 Å². The lowest BCUT2D eigenvalue weighted by Gasteiger charge is -2.27. The minimum absolute atomic E-state index is 0.155. The Balaban J connectivity index is 2.56. The SMILES string of the molecule is CCC1(CC)CCN(C(=O)[C@H](N)CC(C)C)C1. The Morgan fingerprint density at radius 3 is 2.35 bits per heavy atom. The maximum atomic E-state index is 12.2. The Labute approximate surface area is 106 Å². The number of nitrogens with zero attached hydrogens (tertiary/aromatic N) is 1. The number of amides is 1. The van der Waals surface area contributed by atoms with Crippen LogP contribution >= 0.6 is 0 Å². The molecule has 2 N–H and O–H groups in total. The van der Waals surface area contributed by atoms with E-state index in [0.29, 0.717) is 11.3 Å². The molecule has 0 unspecified atom stereocenters. The highest BCUT2D eigenvalue weighted by Crippen LogP contribution is 2.37. The Morgan fingerprint density at radius 2 is 1.94 bits per heavy atom. The Bertz CT molecular complexity index is 259. The summed E-state index contributed by atoms with van der Waals surface area (Å²) in [4.78, 5) is 14.2. The summed E-state index contributed by atoms with van der Waals surface area (Å²) in [6.45, 7) is 10.5. The molecule has 1 rings (SSSR count). The van der Waals surface area contributed by atoms with E-state index < -0.39 is 0 Å². The summed E-state index contributed by atoms with van der Waals surface area (Å²) in [5.41, 5.74) is 6.33. The fraction of sp³-hybridized carbons (Fsp3) is 0.929. The number of carbonyl (C=O) groups is 1. The predicted molar refractivity (Wildman–Crippen MR) is 71.6 cm³/mol. The molecule has 1 atom stereocenters. The van der Waals surface area contributed by atoms with Gasteiger partial charge in [-0.2, -0.15) is 0 Å². The van der Waals surface area contributed by atoms with Crippen LogP contribution in [-0.4, -0.2) is 29.9 Å². The zero-order valence-electron chi connectivity index (χ0n) is 11.8. The largest absolute Gasteiger partial charge is 0.341 e. The van der Waals surface area contributed by atoms with E-state index in [1.54, 1.807) is 0 Å². The third kappa shape index (κ3) is 3.44. The first-order chi connectivity index (χ1) is 7.94. The molecule has 0 aliphatic carbocycles. The zero-order chi connectivity index (χ0) is 13.1. The van der Waals surface area contributed by atoms with Crippen LogP contribution in [0.1, 0.15) is 53.4 Å². The van der Waals surface area contributed by atoms with Crippen LogP contribution in [0.5, 0.6) is 0 Å². The van der Waals surface area contributed by atoms with Crippen LogP contribution in [0.25, 0.3) is 0 Å². The van der Waals surface area contributed by atoms with Crippen molar-refractivity contribution in [3.8, 4) is 0 Å². The van der Waals surface area contributed by atoms with Crippen molar-refractivity contribution in [2.24, 2.45) is 17.1 Å². The highest BCUT2D eigenvalue weighted by atomic mass is 16.2. The monoisotopic (exact) mass is 240 g/mol. The van der Waals surface area contributed by atoms with Gasteiger partial charge in [0.2, 0.25) is 5.91 Å². The average Bonchev–Trinajstić information content (AvgIpc) is 2.72. The molecule has 1 fully saturated rings. The second-order valence-electron chi connectivity index (χ2n) is 5.95. The van der Waals surface area contributed by atoms with Gasteiger partial charge >= 0.3 is 0 Å². The highest BCUT2D eigenvalue weighted by molar-refractivity contribution is 5.82. The maximum Gasteiger partial charge on any atom is 0.239 e. The summed E-state index contributed by atoms with van der Waals surface area (Å²) < 4.78 is 0. The van der Waals surface area contributed by atoms with Crippen LogP contribution in [0.3, 0.4) is 0 Å². The second kappa shape index (κ2) is 5.85. The number of nitrogens with two attached hydrogens (primary N) is 1. The molecule has 17 heavy (non-hydrogen) atoms. The molecule has 3 nitrogen and oxygen atoms in total. The van der Waals surface area contributed by atoms with Crippen molar-refractivity contribution in [1.82, 2.24) is 4.90 Å². The molecule has 0 aromatic heterocycles. The van der Waals surface area contributed by atoms with Crippen LogP contribution in [-0.2, 0) is 4.79 Å². The van der Waals surface area contributed by atoms with Gasteiger partial charge in [0.1, 0.15) is 0 Å². The van der Waals surface area contributed by atoms with Gasteiger partial charge in [0.15, 0.2) is 0 Å². The fourth-order valence-electron chi connectivity index (χ4n) is 2.79.